The molecule has 0 aliphatic carbocycles. The fourth-order valence-electron chi connectivity index (χ4n) is 9.43. The van der Waals surface area contributed by atoms with Gasteiger partial charge in [-0.3, -0.25) is 9.59 Å². The number of aliphatic hydroxyl groups excluding tert-OH is 2. The van der Waals surface area contributed by atoms with Crippen LogP contribution in [0.25, 0.3) is 0 Å². The molecule has 6 nitrogen and oxygen atoms in total. The quantitative estimate of drug-likeness (QED) is 0.0321. The molecule has 0 aliphatic heterocycles. The van der Waals surface area contributed by atoms with Crippen LogP contribution >= 0.6 is 0 Å². The number of nitrogens with one attached hydrogen (secondary N) is 1. The molecule has 0 bridgehead atoms. The number of esters is 1. The minimum Gasteiger partial charge on any atom is -0.466 e. The third-order valence-corrected chi connectivity index (χ3v) is 14.2. The number of unbranched alkanes of at least 4 members (excludes halogenated alkanes) is 40. The number of amides is 1. The fraction of sp³-hybridized carbons (Fsp3) is 0.873. The van der Waals surface area contributed by atoms with Crippen molar-refractivity contribution >= 4 is 11.9 Å². The molecular formula is C63H119NO5. The first-order valence-corrected chi connectivity index (χ1v) is 30.7. The van der Waals surface area contributed by atoms with Gasteiger partial charge < -0.3 is 20.3 Å². The summed E-state index contributed by atoms with van der Waals surface area (Å²) in [6, 6.07) is -0.548. The second-order valence-corrected chi connectivity index (χ2v) is 21.0. The third kappa shape index (κ3) is 55.2. The van der Waals surface area contributed by atoms with Gasteiger partial charge in [-0.05, 0) is 83.5 Å². The number of rotatable bonds is 57. The van der Waals surface area contributed by atoms with Gasteiger partial charge in [0.15, 0.2) is 0 Å². The predicted molar refractivity (Wildman–Crippen MR) is 301 cm³/mol. The van der Waals surface area contributed by atoms with Crippen LogP contribution in [-0.4, -0.2) is 47.4 Å². The molecule has 0 fully saturated rings. The van der Waals surface area contributed by atoms with Crippen LogP contribution in [0, 0.1) is 0 Å². The molecular weight excluding hydrogens is 851 g/mol. The van der Waals surface area contributed by atoms with Crippen molar-refractivity contribution in [2.45, 2.75) is 341 Å². The first-order chi connectivity index (χ1) is 34.0. The summed E-state index contributed by atoms with van der Waals surface area (Å²) in [5.74, 6) is -0.0472. The SMILES string of the molecule is CCCCC/C=C\C/C=C\CCCCCCCC(=O)OCCCCCCCCCCCC/C=C\CCCCCCCCCC(=O)NC(CO)C(O)CCCCCCCCCCCCCCCCCC. The zero-order valence-electron chi connectivity index (χ0n) is 46.3. The highest BCUT2D eigenvalue weighted by atomic mass is 16.5. The number of carbonyl (C=O) groups is 2. The molecule has 0 aromatic rings. The second-order valence-electron chi connectivity index (χ2n) is 21.0. The number of hydrogen-bond donors (Lipinski definition) is 3. The van der Waals surface area contributed by atoms with Crippen LogP contribution in [0.1, 0.15) is 328 Å². The van der Waals surface area contributed by atoms with Crippen molar-refractivity contribution in [1.29, 1.82) is 0 Å². The first kappa shape index (κ1) is 67.1. The van der Waals surface area contributed by atoms with E-state index in [4.69, 9.17) is 4.74 Å². The molecule has 0 aromatic carbocycles. The number of allylic oxidation sites excluding steroid dienone is 6. The van der Waals surface area contributed by atoms with Crippen molar-refractivity contribution in [1.82, 2.24) is 5.32 Å². The Morgan fingerprint density at radius 2 is 0.725 bits per heavy atom. The van der Waals surface area contributed by atoms with Crippen molar-refractivity contribution in [2.24, 2.45) is 0 Å². The molecule has 0 spiro atoms. The summed E-state index contributed by atoms with van der Waals surface area (Å²) in [6.07, 6.45) is 72.9. The minimum absolute atomic E-state index is 0.00571. The van der Waals surface area contributed by atoms with E-state index in [-0.39, 0.29) is 18.5 Å². The Labute approximate surface area is 430 Å². The van der Waals surface area contributed by atoms with E-state index in [0.29, 0.717) is 25.9 Å². The van der Waals surface area contributed by atoms with Crippen LogP contribution in [0.15, 0.2) is 36.5 Å². The van der Waals surface area contributed by atoms with E-state index in [0.717, 1.165) is 51.4 Å². The van der Waals surface area contributed by atoms with Gasteiger partial charge in [0.05, 0.1) is 25.4 Å². The van der Waals surface area contributed by atoms with E-state index in [1.807, 2.05) is 0 Å². The highest BCUT2D eigenvalue weighted by Crippen LogP contribution is 2.17. The Morgan fingerprint density at radius 1 is 0.406 bits per heavy atom. The van der Waals surface area contributed by atoms with Gasteiger partial charge in [-0.25, -0.2) is 0 Å². The molecule has 0 saturated carbocycles. The molecule has 0 aliphatic rings. The van der Waals surface area contributed by atoms with Crippen molar-refractivity contribution in [3.05, 3.63) is 36.5 Å². The minimum atomic E-state index is -0.670. The van der Waals surface area contributed by atoms with E-state index < -0.39 is 12.1 Å². The monoisotopic (exact) mass is 970 g/mol. The van der Waals surface area contributed by atoms with Crippen LogP contribution in [0.2, 0.25) is 0 Å². The highest BCUT2D eigenvalue weighted by Gasteiger charge is 2.20. The summed E-state index contributed by atoms with van der Waals surface area (Å²) in [5, 5.41) is 23.3. The summed E-state index contributed by atoms with van der Waals surface area (Å²) in [7, 11) is 0. The van der Waals surface area contributed by atoms with E-state index >= 15 is 0 Å². The maximum atomic E-state index is 12.5. The molecule has 0 saturated heterocycles. The Hall–Kier alpha value is -1.92. The molecule has 0 radical (unpaired) electrons. The lowest BCUT2D eigenvalue weighted by atomic mass is 10.0. The van der Waals surface area contributed by atoms with Crippen LogP contribution in [0.4, 0.5) is 0 Å². The van der Waals surface area contributed by atoms with Crippen LogP contribution in [0.5, 0.6) is 0 Å². The van der Waals surface area contributed by atoms with Gasteiger partial charge in [-0.15, -0.1) is 0 Å². The average Bonchev–Trinajstić information content (AvgIpc) is 3.35. The van der Waals surface area contributed by atoms with E-state index in [1.54, 1.807) is 0 Å². The zero-order chi connectivity index (χ0) is 50.0. The van der Waals surface area contributed by atoms with Crippen LogP contribution in [0.3, 0.4) is 0 Å². The molecule has 2 unspecified atom stereocenters. The number of ether oxygens (including phenoxy) is 1. The highest BCUT2D eigenvalue weighted by molar-refractivity contribution is 5.76. The summed E-state index contributed by atoms with van der Waals surface area (Å²) in [6.45, 7) is 4.93. The second kappa shape index (κ2) is 58.6. The number of hydrogen-bond acceptors (Lipinski definition) is 5. The molecule has 69 heavy (non-hydrogen) atoms. The molecule has 0 rings (SSSR count). The lowest BCUT2D eigenvalue weighted by Gasteiger charge is -2.22. The topological polar surface area (TPSA) is 95.9 Å². The van der Waals surface area contributed by atoms with Crippen molar-refractivity contribution in [3.63, 3.8) is 0 Å². The van der Waals surface area contributed by atoms with Gasteiger partial charge in [-0.2, -0.15) is 0 Å². The van der Waals surface area contributed by atoms with E-state index in [2.05, 4.69) is 55.6 Å². The smallest absolute Gasteiger partial charge is 0.305 e. The molecule has 0 aromatic heterocycles. The van der Waals surface area contributed by atoms with Crippen molar-refractivity contribution in [2.75, 3.05) is 13.2 Å². The lowest BCUT2D eigenvalue weighted by molar-refractivity contribution is -0.143. The van der Waals surface area contributed by atoms with Crippen LogP contribution < -0.4 is 5.32 Å². The molecule has 3 N–H and O–H groups in total. The Kier molecular flexibility index (Phi) is 57.0. The van der Waals surface area contributed by atoms with Gasteiger partial charge in [-0.1, -0.05) is 269 Å². The van der Waals surface area contributed by atoms with Crippen LogP contribution in [-0.2, 0) is 14.3 Å². The van der Waals surface area contributed by atoms with Gasteiger partial charge in [0.1, 0.15) is 0 Å². The Balaban J connectivity index is 3.43. The Bertz CT molecular complexity index is 1120. The van der Waals surface area contributed by atoms with Crippen molar-refractivity contribution in [3.8, 4) is 0 Å². The van der Waals surface area contributed by atoms with Gasteiger partial charge in [0, 0.05) is 12.8 Å². The molecule has 406 valence electrons. The number of carbonyl (C=O) groups excluding carboxylic acids is 2. The lowest BCUT2D eigenvalue weighted by Crippen LogP contribution is -2.45. The van der Waals surface area contributed by atoms with Gasteiger partial charge in [0.2, 0.25) is 5.91 Å². The summed E-state index contributed by atoms with van der Waals surface area (Å²) in [5.41, 5.74) is 0. The molecule has 6 heteroatoms. The molecule has 2 atom stereocenters. The normalized spacial score (nSPS) is 12.8. The fourth-order valence-corrected chi connectivity index (χ4v) is 9.43. The maximum Gasteiger partial charge on any atom is 0.305 e. The average molecular weight is 971 g/mol. The summed E-state index contributed by atoms with van der Waals surface area (Å²) >= 11 is 0. The summed E-state index contributed by atoms with van der Waals surface area (Å²) < 4.78 is 5.47. The first-order valence-electron chi connectivity index (χ1n) is 30.7. The standard InChI is InChI=1S/C63H119NO5/c1-3-5-7-9-11-13-15-17-19-28-31-35-39-43-47-51-55-61(66)60(59-65)64-62(67)56-52-48-44-40-36-32-29-25-23-21-20-22-24-26-30-34-38-42-46-50-54-58-69-63(68)57-53-49-45-41-37-33-27-18-16-14-12-10-8-6-4-2/h12,14,18,21,23,27,60-61,65-66H,3-11,13,15-17,19-20,22,24-26,28-59H2,1-2H3,(H,64,67)/b14-12-,23-21-,27-18-. The van der Waals surface area contributed by atoms with Gasteiger partial charge >= 0.3 is 5.97 Å². The van der Waals surface area contributed by atoms with Gasteiger partial charge in [0.25, 0.3) is 0 Å². The van der Waals surface area contributed by atoms with E-state index in [1.165, 1.54) is 244 Å². The largest absolute Gasteiger partial charge is 0.466 e. The third-order valence-electron chi connectivity index (χ3n) is 14.2. The summed E-state index contributed by atoms with van der Waals surface area (Å²) in [4.78, 5) is 24.5. The van der Waals surface area contributed by atoms with Crippen molar-refractivity contribution < 1.29 is 24.5 Å². The van der Waals surface area contributed by atoms with E-state index in [9.17, 15) is 19.8 Å². The zero-order valence-corrected chi connectivity index (χ0v) is 46.3. The Morgan fingerprint density at radius 3 is 1.14 bits per heavy atom. The maximum absolute atomic E-state index is 12.5. The number of aliphatic hydroxyl groups is 2. The molecule has 1 amide bonds. The molecule has 0 heterocycles. The predicted octanol–water partition coefficient (Wildman–Crippen LogP) is 19.2.